The first-order chi connectivity index (χ1) is 12.9. The van der Waals surface area contributed by atoms with Gasteiger partial charge in [0.1, 0.15) is 5.75 Å². The van der Waals surface area contributed by atoms with E-state index in [0.29, 0.717) is 6.54 Å². The zero-order valence-corrected chi connectivity index (χ0v) is 16.3. The molecule has 0 bridgehead atoms. The summed E-state index contributed by atoms with van der Waals surface area (Å²) in [4.78, 5) is 26.0. The highest BCUT2D eigenvalue weighted by molar-refractivity contribution is 5.93. The van der Waals surface area contributed by atoms with Crippen LogP contribution in [0.4, 0.5) is 5.69 Å². The zero-order chi connectivity index (χ0) is 19.8. The molecule has 2 amide bonds. The van der Waals surface area contributed by atoms with Crippen LogP contribution in [0.25, 0.3) is 0 Å². The van der Waals surface area contributed by atoms with Crippen molar-refractivity contribution in [3.05, 3.63) is 59.2 Å². The summed E-state index contributed by atoms with van der Waals surface area (Å²) in [6, 6.07) is 13.3. The zero-order valence-electron chi connectivity index (χ0n) is 16.3. The van der Waals surface area contributed by atoms with Crippen LogP contribution in [-0.2, 0) is 16.1 Å². The lowest BCUT2D eigenvalue weighted by Crippen LogP contribution is -2.38. The van der Waals surface area contributed by atoms with Crippen molar-refractivity contribution in [3.63, 3.8) is 0 Å². The third-order valence-corrected chi connectivity index (χ3v) is 4.35. The molecule has 2 aromatic rings. The lowest BCUT2D eigenvalue weighted by atomic mass is 10.1. The lowest BCUT2D eigenvalue weighted by molar-refractivity contribution is -0.123. The average Bonchev–Trinajstić information content (AvgIpc) is 2.64. The number of nitrogens with zero attached hydrogens (tertiary/aromatic N) is 1. The van der Waals surface area contributed by atoms with Gasteiger partial charge in [0.05, 0.1) is 20.2 Å². The first-order valence-electron chi connectivity index (χ1n) is 8.83. The fourth-order valence-corrected chi connectivity index (χ4v) is 2.62. The Labute approximate surface area is 160 Å². The fraction of sp³-hybridized carbons (Fsp3) is 0.333. The van der Waals surface area contributed by atoms with Crippen molar-refractivity contribution in [2.24, 2.45) is 0 Å². The highest BCUT2D eigenvalue weighted by atomic mass is 16.5. The number of hydrogen-bond donors (Lipinski definition) is 2. The number of hydrogen-bond acceptors (Lipinski definition) is 4. The minimum atomic E-state index is -0.144. The first-order valence-corrected chi connectivity index (χ1v) is 8.83. The second kappa shape index (κ2) is 9.73. The lowest BCUT2D eigenvalue weighted by Gasteiger charge is -2.17. The molecule has 144 valence electrons. The molecule has 0 unspecified atom stereocenters. The molecule has 0 saturated carbocycles. The highest BCUT2D eigenvalue weighted by Gasteiger charge is 2.12. The first kappa shape index (κ1) is 20.5. The van der Waals surface area contributed by atoms with Crippen molar-refractivity contribution in [1.82, 2.24) is 10.2 Å². The Morgan fingerprint density at radius 1 is 1.00 bits per heavy atom. The molecule has 0 spiro atoms. The third kappa shape index (κ3) is 6.42. The van der Waals surface area contributed by atoms with Crippen LogP contribution < -0.4 is 15.4 Å². The number of benzene rings is 2. The van der Waals surface area contributed by atoms with Gasteiger partial charge >= 0.3 is 0 Å². The minimum absolute atomic E-state index is 0.132. The van der Waals surface area contributed by atoms with Crippen molar-refractivity contribution < 1.29 is 14.3 Å². The molecule has 0 saturated heterocycles. The van der Waals surface area contributed by atoms with Crippen LogP contribution in [-0.4, -0.2) is 44.0 Å². The summed E-state index contributed by atoms with van der Waals surface area (Å²) < 4.78 is 5.11. The number of methoxy groups -OCH3 is 1. The summed E-state index contributed by atoms with van der Waals surface area (Å²) in [6.45, 7) is 4.70. The molecule has 2 N–H and O–H groups in total. The maximum atomic E-state index is 12.2. The Morgan fingerprint density at radius 3 is 2.33 bits per heavy atom. The monoisotopic (exact) mass is 369 g/mol. The van der Waals surface area contributed by atoms with Gasteiger partial charge in [-0.3, -0.25) is 14.5 Å². The predicted molar refractivity (Wildman–Crippen MR) is 107 cm³/mol. The van der Waals surface area contributed by atoms with Crippen LogP contribution in [0.2, 0.25) is 0 Å². The predicted octanol–water partition coefficient (Wildman–Crippen LogP) is 2.50. The second-order valence-corrected chi connectivity index (χ2v) is 6.59. The van der Waals surface area contributed by atoms with Crippen LogP contribution in [0.5, 0.6) is 5.75 Å². The number of nitrogens with one attached hydrogen (secondary N) is 2. The van der Waals surface area contributed by atoms with E-state index in [4.69, 9.17) is 4.74 Å². The number of likely N-dealkylation sites (N-methyl/N-ethyl adjacent to an activating group) is 1. The van der Waals surface area contributed by atoms with E-state index in [-0.39, 0.29) is 24.9 Å². The molecule has 0 aliphatic carbocycles. The number of carbonyl (C=O) groups is 2. The van der Waals surface area contributed by atoms with Gasteiger partial charge in [0, 0.05) is 12.2 Å². The van der Waals surface area contributed by atoms with Gasteiger partial charge in [0.2, 0.25) is 11.8 Å². The van der Waals surface area contributed by atoms with E-state index in [2.05, 4.69) is 10.6 Å². The summed E-state index contributed by atoms with van der Waals surface area (Å²) in [7, 11) is 3.36. The number of anilines is 1. The normalized spacial score (nSPS) is 10.6. The number of ether oxygens (including phenoxy) is 1. The molecule has 0 aromatic heterocycles. The fourth-order valence-electron chi connectivity index (χ4n) is 2.62. The van der Waals surface area contributed by atoms with Gasteiger partial charge in [-0.2, -0.15) is 0 Å². The quantitative estimate of drug-likeness (QED) is 0.750. The van der Waals surface area contributed by atoms with E-state index < -0.39 is 0 Å². The Bertz CT molecular complexity index is 788. The number of carbonyl (C=O) groups excluding carboxylic acids is 2. The minimum Gasteiger partial charge on any atom is -0.497 e. The van der Waals surface area contributed by atoms with Gasteiger partial charge in [0.15, 0.2) is 0 Å². The van der Waals surface area contributed by atoms with Crippen molar-refractivity contribution in [2.45, 2.75) is 20.4 Å². The van der Waals surface area contributed by atoms with Gasteiger partial charge in [-0.05, 0) is 55.8 Å². The molecule has 0 radical (unpaired) electrons. The maximum Gasteiger partial charge on any atom is 0.238 e. The molecule has 2 aromatic carbocycles. The summed E-state index contributed by atoms with van der Waals surface area (Å²) in [5, 5.41) is 5.75. The molecular weight excluding hydrogens is 342 g/mol. The Morgan fingerprint density at radius 2 is 1.67 bits per heavy atom. The van der Waals surface area contributed by atoms with Crippen LogP contribution in [0, 0.1) is 13.8 Å². The topological polar surface area (TPSA) is 70.7 Å². The SMILES string of the molecule is COc1ccc(CNC(=O)CN(C)CC(=O)Nc2cccc(C)c2C)cc1. The maximum absolute atomic E-state index is 12.2. The van der Waals surface area contributed by atoms with Crippen molar-refractivity contribution in [2.75, 3.05) is 32.6 Å². The molecule has 0 heterocycles. The van der Waals surface area contributed by atoms with E-state index in [0.717, 1.165) is 28.1 Å². The molecule has 6 heteroatoms. The largest absolute Gasteiger partial charge is 0.497 e. The smallest absolute Gasteiger partial charge is 0.238 e. The molecule has 2 rings (SSSR count). The van der Waals surface area contributed by atoms with Crippen molar-refractivity contribution >= 4 is 17.5 Å². The molecular formula is C21H27N3O3. The van der Waals surface area contributed by atoms with Crippen molar-refractivity contribution in [3.8, 4) is 5.75 Å². The van der Waals surface area contributed by atoms with Crippen LogP contribution in [0.1, 0.15) is 16.7 Å². The van der Waals surface area contributed by atoms with E-state index in [1.54, 1.807) is 19.1 Å². The highest BCUT2D eigenvalue weighted by Crippen LogP contribution is 2.17. The molecule has 0 aliphatic rings. The Hall–Kier alpha value is -2.86. The molecule has 0 aliphatic heterocycles. The van der Waals surface area contributed by atoms with E-state index in [1.807, 2.05) is 56.3 Å². The summed E-state index contributed by atoms with van der Waals surface area (Å²) in [5.41, 5.74) is 3.96. The molecule has 6 nitrogen and oxygen atoms in total. The van der Waals surface area contributed by atoms with Crippen molar-refractivity contribution in [1.29, 1.82) is 0 Å². The van der Waals surface area contributed by atoms with Gasteiger partial charge in [-0.15, -0.1) is 0 Å². The van der Waals surface area contributed by atoms with Gasteiger partial charge in [-0.1, -0.05) is 24.3 Å². The van der Waals surface area contributed by atoms with E-state index >= 15 is 0 Å². The summed E-state index contributed by atoms with van der Waals surface area (Å²) >= 11 is 0. The second-order valence-electron chi connectivity index (χ2n) is 6.59. The summed E-state index contributed by atoms with van der Waals surface area (Å²) in [6.07, 6.45) is 0. The third-order valence-electron chi connectivity index (χ3n) is 4.35. The van der Waals surface area contributed by atoms with E-state index in [1.165, 1.54) is 0 Å². The molecule has 27 heavy (non-hydrogen) atoms. The van der Waals surface area contributed by atoms with Gasteiger partial charge < -0.3 is 15.4 Å². The van der Waals surface area contributed by atoms with Gasteiger partial charge in [-0.25, -0.2) is 0 Å². The number of amides is 2. The van der Waals surface area contributed by atoms with Crippen LogP contribution in [0.15, 0.2) is 42.5 Å². The molecule has 0 fully saturated rings. The number of rotatable bonds is 8. The van der Waals surface area contributed by atoms with E-state index in [9.17, 15) is 9.59 Å². The number of aryl methyl sites for hydroxylation is 1. The Kier molecular flexibility index (Phi) is 7.37. The summed E-state index contributed by atoms with van der Waals surface area (Å²) in [5.74, 6) is 0.502. The Balaban J connectivity index is 1.76. The van der Waals surface area contributed by atoms with Gasteiger partial charge in [0.25, 0.3) is 0 Å². The standard InChI is InChI=1S/C21H27N3O3/c1-15-6-5-7-19(16(15)2)23-21(26)14-24(3)13-20(25)22-12-17-8-10-18(27-4)11-9-17/h5-11H,12-14H2,1-4H3,(H,22,25)(H,23,26). The average molecular weight is 369 g/mol. The molecule has 0 atom stereocenters. The van der Waals surface area contributed by atoms with Crippen LogP contribution >= 0.6 is 0 Å². The van der Waals surface area contributed by atoms with Crippen LogP contribution in [0.3, 0.4) is 0 Å².